The minimum atomic E-state index is -1.66. The molecule has 2 fully saturated rings. The molecule has 1 aromatic carbocycles. The molecule has 0 unspecified atom stereocenters. The Morgan fingerprint density at radius 2 is 2.00 bits per heavy atom. The Morgan fingerprint density at radius 1 is 1.27 bits per heavy atom. The number of nitrogens with zero attached hydrogens (tertiary/aromatic N) is 3. The maximum Gasteiger partial charge on any atom is 0.407 e. The Labute approximate surface area is 224 Å². The largest absolute Gasteiger partial charge is 0.474 e. The van der Waals surface area contributed by atoms with Crippen molar-refractivity contribution in [1.29, 1.82) is 0 Å². The number of amides is 1. The second-order valence-corrected chi connectivity index (χ2v) is 11.1. The Balaban J connectivity index is 1.41. The summed E-state index contributed by atoms with van der Waals surface area (Å²) in [6.45, 7) is 7.13. The van der Waals surface area contributed by atoms with Gasteiger partial charge in [0.1, 0.15) is 18.2 Å². The average molecular weight is 554 g/mol. The van der Waals surface area contributed by atoms with Crippen molar-refractivity contribution in [2.24, 2.45) is 11.8 Å². The van der Waals surface area contributed by atoms with Crippen molar-refractivity contribution in [2.75, 3.05) is 19.8 Å². The van der Waals surface area contributed by atoms with Gasteiger partial charge in [-0.05, 0) is 43.4 Å². The molecule has 3 heterocycles. The Morgan fingerprint density at radius 3 is 2.68 bits per heavy atom. The van der Waals surface area contributed by atoms with Crippen molar-refractivity contribution in [3.63, 3.8) is 0 Å². The van der Waals surface area contributed by atoms with Gasteiger partial charge in [-0.15, -0.1) is 0 Å². The van der Waals surface area contributed by atoms with Crippen molar-refractivity contribution >= 4 is 29.1 Å². The van der Waals surface area contributed by atoms with Gasteiger partial charge in [-0.1, -0.05) is 31.5 Å². The second kappa shape index (κ2) is 12.4. The zero-order chi connectivity index (χ0) is 26.5. The van der Waals surface area contributed by atoms with Crippen molar-refractivity contribution in [2.45, 2.75) is 58.6 Å². The minimum Gasteiger partial charge on any atom is -0.474 e. The van der Waals surface area contributed by atoms with Crippen LogP contribution in [-0.4, -0.2) is 62.2 Å². The van der Waals surface area contributed by atoms with Gasteiger partial charge >= 0.3 is 17.5 Å². The number of aromatic nitrogens is 2. The van der Waals surface area contributed by atoms with Gasteiger partial charge < -0.3 is 19.5 Å². The molecule has 37 heavy (non-hydrogen) atoms. The van der Waals surface area contributed by atoms with Crippen molar-refractivity contribution < 1.29 is 31.9 Å². The van der Waals surface area contributed by atoms with Gasteiger partial charge in [0.25, 0.3) is 0 Å². The number of piperidine rings is 1. The summed E-state index contributed by atoms with van der Waals surface area (Å²) in [4.78, 5) is 21.7. The van der Waals surface area contributed by atoms with Crippen LogP contribution in [-0.2, 0) is 26.1 Å². The molecule has 0 bridgehead atoms. The van der Waals surface area contributed by atoms with Crippen LogP contribution in [0.4, 0.5) is 4.79 Å². The molecule has 10 nitrogen and oxygen atoms in total. The normalized spacial score (nSPS) is 24.2. The molecule has 0 radical (unpaired) electrons. The van der Waals surface area contributed by atoms with Crippen LogP contribution in [0.5, 0.6) is 17.5 Å². The SMILES string of the molecule is Cc1c(Oc2ccc(CC3COS(=O)OC3)cc2Cl)ncnc1O[C@H]1CCN(C(=O)O)[C@H](CC(C)C)C1. The number of benzene rings is 1. The molecule has 1 amide bonds. The first kappa shape index (κ1) is 27.6. The summed E-state index contributed by atoms with van der Waals surface area (Å²) < 4.78 is 33.5. The Kier molecular flexibility index (Phi) is 9.22. The van der Waals surface area contributed by atoms with Gasteiger partial charge in [-0.3, -0.25) is 8.37 Å². The molecule has 0 saturated carbocycles. The van der Waals surface area contributed by atoms with E-state index in [0.29, 0.717) is 73.0 Å². The number of likely N-dealkylation sites (tertiary alicyclic amines) is 1. The van der Waals surface area contributed by atoms with Crippen molar-refractivity contribution in [1.82, 2.24) is 14.9 Å². The topological polar surface area (TPSA) is 120 Å². The predicted octanol–water partition coefficient (Wildman–Crippen LogP) is 4.95. The van der Waals surface area contributed by atoms with Crippen LogP contribution in [0.3, 0.4) is 0 Å². The van der Waals surface area contributed by atoms with Crippen LogP contribution in [0.15, 0.2) is 24.5 Å². The summed E-state index contributed by atoms with van der Waals surface area (Å²) in [5.74, 6) is 1.65. The van der Waals surface area contributed by atoms with Gasteiger partial charge in [0.05, 0.1) is 23.8 Å². The number of carbonyl (C=O) groups is 1. The van der Waals surface area contributed by atoms with E-state index in [1.54, 1.807) is 6.07 Å². The number of ether oxygens (including phenoxy) is 2. The first-order valence-corrected chi connectivity index (χ1v) is 13.7. The molecule has 2 aliphatic heterocycles. The van der Waals surface area contributed by atoms with Gasteiger partial charge in [-0.25, -0.2) is 14.8 Å². The molecule has 2 aromatic rings. The van der Waals surface area contributed by atoms with Gasteiger partial charge in [0, 0.05) is 31.3 Å². The summed E-state index contributed by atoms with van der Waals surface area (Å²) in [6.07, 6.45) is 2.96. The van der Waals surface area contributed by atoms with Crippen molar-refractivity contribution in [3.05, 3.63) is 40.7 Å². The summed E-state index contributed by atoms with van der Waals surface area (Å²) in [5.41, 5.74) is 1.61. The highest BCUT2D eigenvalue weighted by atomic mass is 35.5. The third-order valence-corrected chi connectivity index (χ3v) is 7.41. The summed E-state index contributed by atoms with van der Waals surface area (Å²) in [6, 6.07) is 5.41. The van der Waals surface area contributed by atoms with Crippen LogP contribution in [0.1, 0.15) is 44.2 Å². The van der Waals surface area contributed by atoms with E-state index in [0.717, 1.165) is 12.0 Å². The van der Waals surface area contributed by atoms with Crippen molar-refractivity contribution in [3.8, 4) is 17.5 Å². The monoisotopic (exact) mass is 553 g/mol. The zero-order valence-corrected chi connectivity index (χ0v) is 22.7. The highest BCUT2D eigenvalue weighted by Crippen LogP contribution is 2.34. The minimum absolute atomic E-state index is 0.0897. The first-order valence-electron chi connectivity index (χ1n) is 12.3. The second-order valence-electron chi connectivity index (χ2n) is 9.84. The maximum atomic E-state index is 11.7. The van der Waals surface area contributed by atoms with Crippen LogP contribution >= 0.6 is 11.6 Å². The fourth-order valence-corrected chi connectivity index (χ4v) is 5.55. The molecule has 0 spiro atoms. The molecule has 12 heteroatoms. The van der Waals surface area contributed by atoms with Gasteiger partial charge in [0.2, 0.25) is 11.8 Å². The number of hydrogen-bond donors (Lipinski definition) is 1. The Bertz CT molecular complexity index is 1130. The molecule has 2 aliphatic rings. The first-order chi connectivity index (χ1) is 17.7. The van der Waals surface area contributed by atoms with E-state index in [1.165, 1.54) is 11.2 Å². The predicted molar refractivity (Wildman–Crippen MR) is 137 cm³/mol. The van der Waals surface area contributed by atoms with E-state index in [9.17, 15) is 14.1 Å². The molecular weight excluding hydrogens is 522 g/mol. The molecule has 2 saturated heterocycles. The van der Waals surface area contributed by atoms with Gasteiger partial charge in [0.15, 0.2) is 0 Å². The molecule has 4 rings (SSSR count). The quantitative estimate of drug-likeness (QED) is 0.484. The zero-order valence-electron chi connectivity index (χ0n) is 21.1. The highest BCUT2D eigenvalue weighted by Gasteiger charge is 2.33. The lowest BCUT2D eigenvalue weighted by molar-refractivity contribution is 0.0450. The molecule has 1 aromatic heterocycles. The molecule has 2 atom stereocenters. The Hall–Kier alpha value is -2.47. The number of carboxylic acid groups (broad SMARTS) is 1. The van der Waals surface area contributed by atoms with Crippen LogP contribution in [0, 0.1) is 18.8 Å². The smallest absolute Gasteiger partial charge is 0.407 e. The molecule has 202 valence electrons. The standard InChI is InChI=1S/C25H32ClN3O7S/c1-15(2)8-19-11-20(6-7-29(19)25(30)31)35-23-16(3)24(28-14-27-23)36-22-5-4-17(10-21(22)26)9-18-12-33-37(32)34-13-18/h4-5,10,14-15,18-20H,6-9,11-13H2,1-3H3,(H,30,31)/t18?,19-,20+,37?/m1/s1. The van der Waals surface area contributed by atoms with Crippen LogP contribution in [0.2, 0.25) is 5.02 Å². The van der Waals surface area contributed by atoms with E-state index >= 15 is 0 Å². The maximum absolute atomic E-state index is 11.7. The van der Waals surface area contributed by atoms with Gasteiger partial charge in [-0.2, -0.15) is 4.21 Å². The number of halogens is 1. The molecule has 1 N–H and O–H groups in total. The lowest BCUT2D eigenvalue weighted by Crippen LogP contribution is -2.48. The lowest BCUT2D eigenvalue weighted by atomic mass is 9.92. The van der Waals surface area contributed by atoms with E-state index in [1.807, 2.05) is 19.1 Å². The van der Waals surface area contributed by atoms with E-state index < -0.39 is 17.5 Å². The summed E-state index contributed by atoms with van der Waals surface area (Å²) in [5, 5.41) is 9.99. The average Bonchev–Trinajstić information content (AvgIpc) is 2.84. The highest BCUT2D eigenvalue weighted by molar-refractivity contribution is 7.75. The summed E-state index contributed by atoms with van der Waals surface area (Å²) in [7, 11) is 0. The van der Waals surface area contributed by atoms with E-state index in [-0.39, 0.29) is 18.1 Å². The van der Waals surface area contributed by atoms with E-state index in [2.05, 4.69) is 23.8 Å². The third kappa shape index (κ3) is 7.31. The fourth-order valence-electron chi connectivity index (χ4n) is 4.63. The summed E-state index contributed by atoms with van der Waals surface area (Å²) >= 11 is 4.84. The molecule has 0 aliphatic carbocycles. The molecular formula is C25H32ClN3O7S. The fraction of sp³-hybridized carbons (Fsp3) is 0.560. The van der Waals surface area contributed by atoms with Crippen LogP contribution < -0.4 is 9.47 Å². The van der Waals surface area contributed by atoms with Crippen LogP contribution in [0.25, 0.3) is 0 Å². The number of hydrogen-bond acceptors (Lipinski definition) is 8. The van der Waals surface area contributed by atoms with E-state index in [4.69, 9.17) is 29.4 Å². The number of rotatable bonds is 8. The lowest BCUT2D eigenvalue weighted by Gasteiger charge is -2.38. The third-order valence-electron chi connectivity index (χ3n) is 6.45.